The van der Waals surface area contributed by atoms with E-state index in [4.69, 9.17) is 5.14 Å². The number of fused-ring (bicyclic) bond motifs is 1. The molecule has 0 spiro atoms. The smallest absolute Gasteiger partial charge is 0.216 e. The summed E-state index contributed by atoms with van der Waals surface area (Å²) < 4.78 is 26.0. The highest BCUT2D eigenvalue weighted by Gasteiger charge is 2.09. The molecule has 0 saturated heterocycles. The van der Waals surface area contributed by atoms with Crippen LogP contribution in [0.2, 0.25) is 0 Å². The Labute approximate surface area is 106 Å². The SMILES string of the molecule is NS(=O)(=O)NCc1csc2cccc(Br)c12. The van der Waals surface area contributed by atoms with Gasteiger partial charge in [-0.05, 0) is 23.1 Å². The fourth-order valence-corrected chi connectivity index (χ4v) is 3.51. The summed E-state index contributed by atoms with van der Waals surface area (Å²) in [7, 11) is -3.64. The Hall–Kier alpha value is -0.470. The first kappa shape index (κ1) is 12.0. The lowest BCUT2D eigenvalue weighted by atomic mass is 10.2. The number of hydrogen-bond acceptors (Lipinski definition) is 3. The van der Waals surface area contributed by atoms with E-state index in [9.17, 15) is 8.42 Å². The number of rotatable bonds is 3. The maximum Gasteiger partial charge on any atom is 0.274 e. The first-order valence-corrected chi connectivity index (χ1v) is 7.61. The Morgan fingerprint density at radius 3 is 2.88 bits per heavy atom. The van der Waals surface area contributed by atoms with Gasteiger partial charge in [0, 0.05) is 21.1 Å². The van der Waals surface area contributed by atoms with Crippen molar-refractivity contribution < 1.29 is 8.42 Å². The standard InChI is InChI=1S/C9H9BrN2O2S2/c10-7-2-1-3-8-9(7)6(5-15-8)4-12-16(11,13)14/h1-3,5,12H,4H2,(H2,11,13,14). The number of benzene rings is 1. The van der Waals surface area contributed by atoms with Crippen LogP contribution < -0.4 is 9.86 Å². The van der Waals surface area contributed by atoms with E-state index >= 15 is 0 Å². The molecule has 1 aromatic carbocycles. The van der Waals surface area contributed by atoms with Crippen LogP contribution in [0, 0.1) is 0 Å². The highest BCUT2D eigenvalue weighted by molar-refractivity contribution is 9.10. The maximum atomic E-state index is 10.8. The minimum atomic E-state index is -3.64. The van der Waals surface area contributed by atoms with Gasteiger partial charge in [-0.1, -0.05) is 22.0 Å². The van der Waals surface area contributed by atoms with Crippen molar-refractivity contribution in [3.05, 3.63) is 33.6 Å². The van der Waals surface area contributed by atoms with E-state index in [0.29, 0.717) is 0 Å². The van der Waals surface area contributed by atoms with E-state index < -0.39 is 10.2 Å². The fourth-order valence-electron chi connectivity index (χ4n) is 1.42. The summed E-state index contributed by atoms with van der Waals surface area (Å²) in [5, 5.41) is 7.84. The van der Waals surface area contributed by atoms with Crippen LogP contribution in [-0.2, 0) is 16.8 Å². The third kappa shape index (κ3) is 2.61. The molecule has 2 rings (SSSR count). The van der Waals surface area contributed by atoms with Gasteiger partial charge in [-0.25, -0.2) is 5.14 Å². The van der Waals surface area contributed by atoms with Crippen LogP contribution in [0.5, 0.6) is 0 Å². The maximum absolute atomic E-state index is 10.8. The molecule has 7 heteroatoms. The lowest BCUT2D eigenvalue weighted by molar-refractivity contribution is 0.583. The molecule has 0 amide bonds. The third-order valence-corrected chi connectivity index (χ3v) is 4.29. The molecule has 0 atom stereocenters. The molecule has 0 bridgehead atoms. The molecule has 1 heterocycles. The van der Waals surface area contributed by atoms with Crippen molar-refractivity contribution >= 4 is 47.6 Å². The van der Waals surface area contributed by atoms with Crippen molar-refractivity contribution in [1.29, 1.82) is 0 Å². The summed E-state index contributed by atoms with van der Waals surface area (Å²) >= 11 is 5.02. The summed E-state index contributed by atoms with van der Waals surface area (Å²) in [6.45, 7) is 0.210. The predicted molar refractivity (Wildman–Crippen MR) is 69.5 cm³/mol. The molecule has 0 aliphatic carbocycles. The zero-order valence-electron chi connectivity index (χ0n) is 8.10. The average Bonchev–Trinajstić information content (AvgIpc) is 2.58. The average molecular weight is 321 g/mol. The topological polar surface area (TPSA) is 72.2 Å². The van der Waals surface area contributed by atoms with Crippen LogP contribution in [-0.4, -0.2) is 8.42 Å². The quantitative estimate of drug-likeness (QED) is 0.907. The molecule has 0 unspecified atom stereocenters. The molecule has 2 aromatic rings. The molecule has 0 aliphatic heterocycles. The van der Waals surface area contributed by atoms with Gasteiger partial charge in [-0.15, -0.1) is 11.3 Å². The first-order valence-electron chi connectivity index (χ1n) is 4.39. The molecule has 1 aromatic heterocycles. The monoisotopic (exact) mass is 320 g/mol. The van der Waals surface area contributed by atoms with Crippen LogP contribution in [0.25, 0.3) is 10.1 Å². The molecule has 4 nitrogen and oxygen atoms in total. The van der Waals surface area contributed by atoms with Crippen molar-refractivity contribution in [2.75, 3.05) is 0 Å². The van der Waals surface area contributed by atoms with Crippen LogP contribution in [0.4, 0.5) is 0 Å². The number of halogens is 1. The van der Waals surface area contributed by atoms with Crippen LogP contribution in [0.1, 0.15) is 5.56 Å². The van der Waals surface area contributed by atoms with Gasteiger partial charge in [0.15, 0.2) is 0 Å². The van der Waals surface area contributed by atoms with Crippen molar-refractivity contribution in [2.24, 2.45) is 5.14 Å². The molecule has 16 heavy (non-hydrogen) atoms. The Kier molecular flexibility index (Phi) is 3.32. The van der Waals surface area contributed by atoms with Gasteiger partial charge >= 0.3 is 0 Å². The summed E-state index contributed by atoms with van der Waals surface area (Å²) in [5.41, 5.74) is 0.918. The normalized spacial score (nSPS) is 12.1. The van der Waals surface area contributed by atoms with Gasteiger partial charge < -0.3 is 0 Å². The van der Waals surface area contributed by atoms with Crippen molar-refractivity contribution in [3.63, 3.8) is 0 Å². The highest BCUT2D eigenvalue weighted by atomic mass is 79.9. The second-order valence-corrected chi connectivity index (χ2v) is 6.38. The second-order valence-electron chi connectivity index (χ2n) is 3.24. The summed E-state index contributed by atoms with van der Waals surface area (Å²) in [5.74, 6) is 0. The van der Waals surface area contributed by atoms with Crippen LogP contribution >= 0.6 is 27.3 Å². The second kappa shape index (κ2) is 4.42. The van der Waals surface area contributed by atoms with E-state index in [0.717, 1.165) is 20.1 Å². The van der Waals surface area contributed by atoms with Crippen LogP contribution in [0.3, 0.4) is 0 Å². The third-order valence-electron chi connectivity index (χ3n) is 2.09. The Balaban J connectivity index is 2.39. The van der Waals surface area contributed by atoms with Crippen molar-refractivity contribution in [3.8, 4) is 0 Å². The molecule has 0 radical (unpaired) electrons. The Bertz CT molecular complexity index is 621. The zero-order valence-corrected chi connectivity index (χ0v) is 11.3. The van der Waals surface area contributed by atoms with Gasteiger partial charge in [0.1, 0.15) is 0 Å². The summed E-state index contributed by atoms with van der Waals surface area (Å²) in [4.78, 5) is 0. The van der Waals surface area contributed by atoms with E-state index in [1.807, 2.05) is 23.6 Å². The van der Waals surface area contributed by atoms with Crippen molar-refractivity contribution in [1.82, 2.24) is 4.72 Å². The Morgan fingerprint density at radius 2 is 2.19 bits per heavy atom. The molecule has 0 fully saturated rings. The molecule has 0 aliphatic rings. The molecular formula is C9H9BrN2O2S2. The van der Waals surface area contributed by atoms with E-state index in [1.165, 1.54) is 0 Å². The number of thiophene rings is 1. The molecule has 86 valence electrons. The largest absolute Gasteiger partial charge is 0.274 e. The van der Waals surface area contributed by atoms with Gasteiger partial charge in [0.05, 0.1) is 0 Å². The predicted octanol–water partition coefficient (Wildman–Crippen LogP) is 1.96. The minimum Gasteiger partial charge on any atom is -0.216 e. The van der Waals surface area contributed by atoms with Gasteiger partial charge in [0.25, 0.3) is 10.2 Å². The summed E-state index contributed by atoms with van der Waals surface area (Å²) in [6, 6.07) is 5.86. The Morgan fingerprint density at radius 1 is 1.44 bits per heavy atom. The van der Waals surface area contributed by atoms with E-state index in [-0.39, 0.29) is 6.54 Å². The highest BCUT2D eigenvalue weighted by Crippen LogP contribution is 2.32. The number of nitrogens with two attached hydrogens (primary N) is 1. The fraction of sp³-hybridized carbons (Fsp3) is 0.111. The van der Waals surface area contributed by atoms with Crippen LogP contribution in [0.15, 0.2) is 28.1 Å². The van der Waals surface area contributed by atoms with E-state index in [1.54, 1.807) is 11.3 Å². The lowest BCUT2D eigenvalue weighted by Gasteiger charge is -2.02. The first-order chi connectivity index (χ1) is 7.47. The minimum absolute atomic E-state index is 0.210. The van der Waals surface area contributed by atoms with Gasteiger partial charge in [-0.2, -0.15) is 13.1 Å². The molecule has 3 N–H and O–H groups in total. The summed E-state index contributed by atoms with van der Waals surface area (Å²) in [6.07, 6.45) is 0. The zero-order chi connectivity index (χ0) is 11.8. The molecular weight excluding hydrogens is 312 g/mol. The van der Waals surface area contributed by atoms with Crippen molar-refractivity contribution in [2.45, 2.75) is 6.54 Å². The van der Waals surface area contributed by atoms with E-state index in [2.05, 4.69) is 20.7 Å². The molecule has 0 saturated carbocycles. The van der Waals surface area contributed by atoms with Gasteiger partial charge in [0.2, 0.25) is 0 Å². The number of hydrogen-bond donors (Lipinski definition) is 2. The number of nitrogens with one attached hydrogen (secondary N) is 1. The lowest BCUT2D eigenvalue weighted by Crippen LogP contribution is -2.30. The van der Waals surface area contributed by atoms with Gasteiger partial charge in [-0.3, -0.25) is 0 Å².